The molecule has 0 saturated carbocycles. The average Bonchev–Trinajstić information content (AvgIpc) is 2.88. The second-order valence-electron chi connectivity index (χ2n) is 5.68. The molecule has 3 rings (SSSR count). The molecule has 0 saturated heterocycles. The molecule has 6 heteroatoms. The number of rotatable bonds is 5. The van der Waals surface area contributed by atoms with E-state index >= 15 is 0 Å². The Morgan fingerprint density at radius 3 is 2.46 bits per heavy atom. The summed E-state index contributed by atoms with van der Waals surface area (Å²) in [7, 11) is 0. The monoisotopic (exact) mass is 327 g/mol. The zero-order valence-corrected chi connectivity index (χ0v) is 13.3. The number of benzene rings is 2. The molecule has 3 aromatic rings. The van der Waals surface area contributed by atoms with Crippen molar-refractivity contribution in [2.75, 3.05) is 0 Å². The normalized spacial score (nSPS) is 11.0. The lowest BCUT2D eigenvalue weighted by molar-refractivity contribution is 0.264. The van der Waals surface area contributed by atoms with Crippen LogP contribution in [-0.2, 0) is 19.7 Å². The number of hydrogen-bond acceptors (Lipinski definition) is 3. The van der Waals surface area contributed by atoms with Gasteiger partial charge in [0.1, 0.15) is 12.4 Å². The van der Waals surface area contributed by atoms with Crippen LogP contribution >= 0.6 is 0 Å². The summed E-state index contributed by atoms with van der Waals surface area (Å²) < 4.78 is 16.4. The third-order valence-corrected chi connectivity index (χ3v) is 3.88. The summed E-state index contributed by atoms with van der Waals surface area (Å²) in [5.41, 5.74) is 2.07. The maximum absolute atomic E-state index is 13.8. The Kier molecular flexibility index (Phi) is 4.57. The van der Waals surface area contributed by atoms with E-state index in [1.807, 2.05) is 31.2 Å². The molecule has 0 bridgehead atoms. The van der Waals surface area contributed by atoms with Gasteiger partial charge in [-0.3, -0.25) is 4.57 Å². The van der Waals surface area contributed by atoms with Gasteiger partial charge in [0, 0.05) is 5.56 Å². The SMILES string of the molecule is Cc1ccc(Cn2nc(CO)n(Cc3ccccc3F)c2=O)cc1. The highest BCUT2D eigenvalue weighted by Gasteiger charge is 2.14. The van der Waals surface area contributed by atoms with Gasteiger partial charge in [0.05, 0.1) is 13.1 Å². The Hall–Kier alpha value is -2.73. The standard InChI is InChI=1S/C18H18FN3O2/c1-13-6-8-14(9-7-13)10-22-18(24)21(17(12-23)20-22)11-15-4-2-3-5-16(15)19/h2-9,23H,10-12H2,1H3. The van der Waals surface area contributed by atoms with E-state index in [1.165, 1.54) is 15.3 Å². The number of nitrogens with zero attached hydrogens (tertiary/aromatic N) is 3. The van der Waals surface area contributed by atoms with E-state index in [0.717, 1.165) is 11.1 Å². The third kappa shape index (κ3) is 3.28. The first-order valence-corrected chi connectivity index (χ1v) is 7.65. The maximum atomic E-state index is 13.8. The fourth-order valence-electron chi connectivity index (χ4n) is 2.53. The Bertz CT molecular complexity index is 897. The summed E-state index contributed by atoms with van der Waals surface area (Å²) in [5.74, 6) is -0.171. The predicted octanol–water partition coefficient (Wildman–Crippen LogP) is 2.08. The van der Waals surface area contributed by atoms with Crippen LogP contribution in [0.4, 0.5) is 4.39 Å². The molecule has 0 spiro atoms. The highest BCUT2D eigenvalue weighted by molar-refractivity contribution is 5.21. The van der Waals surface area contributed by atoms with Crippen molar-refractivity contribution in [2.45, 2.75) is 26.6 Å². The van der Waals surface area contributed by atoms with Crippen LogP contribution in [0.3, 0.4) is 0 Å². The van der Waals surface area contributed by atoms with Crippen molar-refractivity contribution in [2.24, 2.45) is 0 Å². The summed E-state index contributed by atoms with van der Waals surface area (Å²) >= 11 is 0. The van der Waals surface area contributed by atoms with E-state index in [2.05, 4.69) is 5.10 Å². The Balaban J connectivity index is 1.93. The number of aliphatic hydroxyl groups is 1. The van der Waals surface area contributed by atoms with Crippen molar-refractivity contribution in [3.8, 4) is 0 Å². The van der Waals surface area contributed by atoms with Gasteiger partial charge in [-0.05, 0) is 18.6 Å². The fourth-order valence-corrected chi connectivity index (χ4v) is 2.53. The molecule has 0 atom stereocenters. The Labute approximate surface area is 138 Å². The third-order valence-electron chi connectivity index (χ3n) is 3.88. The number of aryl methyl sites for hydroxylation is 1. The van der Waals surface area contributed by atoms with Crippen molar-refractivity contribution in [1.29, 1.82) is 0 Å². The first-order valence-electron chi connectivity index (χ1n) is 7.65. The van der Waals surface area contributed by atoms with E-state index in [1.54, 1.807) is 18.2 Å². The molecular formula is C18H18FN3O2. The zero-order valence-electron chi connectivity index (χ0n) is 13.3. The second kappa shape index (κ2) is 6.80. The van der Waals surface area contributed by atoms with Crippen molar-refractivity contribution in [3.05, 3.63) is 87.3 Å². The van der Waals surface area contributed by atoms with Crippen molar-refractivity contribution in [3.63, 3.8) is 0 Å². The zero-order chi connectivity index (χ0) is 17.1. The van der Waals surface area contributed by atoms with Crippen LogP contribution in [0.1, 0.15) is 22.5 Å². The molecular weight excluding hydrogens is 309 g/mol. The molecule has 0 amide bonds. The van der Waals surface area contributed by atoms with Gasteiger partial charge in [0.2, 0.25) is 0 Å². The van der Waals surface area contributed by atoms with Gasteiger partial charge >= 0.3 is 5.69 Å². The smallest absolute Gasteiger partial charge is 0.346 e. The Morgan fingerprint density at radius 2 is 1.79 bits per heavy atom. The van der Waals surface area contributed by atoms with Gasteiger partial charge in [0.25, 0.3) is 0 Å². The van der Waals surface area contributed by atoms with E-state index in [4.69, 9.17) is 0 Å². The molecule has 0 aliphatic carbocycles. The largest absolute Gasteiger partial charge is 0.388 e. The second-order valence-corrected chi connectivity index (χ2v) is 5.68. The van der Waals surface area contributed by atoms with Crippen LogP contribution in [0, 0.1) is 12.7 Å². The van der Waals surface area contributed by atoms with Crippen molar-refractivity contribution < 1.29 is 9.50 Å². The number of aliphatic hydroxyl groups excluding tert-OH is 1. The summed E-state index contributed by atoms with van der Waals surface area (Å²) in [6, 6.07) is 14.0. The van der Waals surface area contributed by atoms with E-state index in [0.29, 0.717) is 12.1 Å². The van der Waals surface area contributed by atoms with E-state index in [9.17, 15) is 14.3 Å². The minimum atomic E-state index is -0.389. The Morgan fingerprint density at radius 1 is 1.08 bits per heavy atom. The van der Waals surface area contributed by atoms with Crippen molar-refractivity contribution >= 4 is 0 Å². The van der Waals surface area contributed by atoms with E-state index < -0.39 is 0 Å². The van der Waals surface area contributed by atoms with Gasteiger partial charge in [-0.25, -0.2) is 13.9 Å². The lowest BCUT2D eigenvalue weighted by atomic mass is 10.1. The predicted molar refractivity (Wildman–Crippen MR) is 88.2 cm³/mol. The highest BCUT2D eigenvalue weighted by Crippen LogP contribution is 2.09. The van der Waals surface area contributed by atoms with Crippen LogP contribution in [-0.4, -0.2) is 19.5 Å². The van der Waals surface area contributed by atoms with Crippen LogP contribution in [0.25, 0.3) is 0 Å². The average molecular weight is 327 g/mol. The molecule has 2 aromatic carbocycles. The molecule has 1 N–H and O–H groups in total. The van der Waals surface area contributed by atoms with Gasteiger partial charge in [-0.1, -0.05) is 48.0 Å². The lowest BCUT2D eigenvalue weighted by Gasteiger charge is -2.05. The topological polar surface area (TPSA) is 60.0 Å². The number of aromatic nitrogens is 3. The summed E-state index contributed by atoms with van der Waals surface area (Å²) in [4.78, 5) is 12.6. The quantitative estimate of drug-likeness (QED) is 0.780. The van der Waals surface area contributed by atoms with Gasteiger partial charge in [0.15, 0.2) is 5.82 Å². The van der Waals surface area contributed by atoms with Crippen LogP contribution in [0.15, 0.2) is 53.3 Å². The van der Waals surface area contributed by atoms with Gasteiger partial charge < -0.3 is 5.11 Å². The molecule has 5 nitrogen and oxygen atoms in total. The first-order chi connectivity index (χ1) is 11.6. The molecule has 24 heavy (non-hydrogen) atoms. The molecule has 0 aliphatic rings. The minimum absolute atomic E-state index is 0.0370. The summed E-state index contributed by atoms with van der Waals surface area (Å²) in [5, 5.41) is 13.6. The molecule has 1 heterocycles. The molecule has 0 fully saturated rings. The van der Waals surface area contributed by atoms with Crippen LogP contribution < -0.4 is 5.69 Å². The van der Waals surface area contributed by atoms with Gasteiger partial charge in [-0.15, -0.1) is 0 Å². The summed E-state index contributed by atoms with van der Waals surface area (Å²) in [6.45, 7) is 1.94. The number of hydrogen-bond donors (Lipinski definition) is 1. The summed E-state index contributed by atoms with van der Waals surface area (Å²) in [6.07, 6.45) is 0. The molecule has 0 radical (unpaired) electrons. The fraction of sp³-hybridized carbons (Fsp3) is 0.222. The lowest BCUT2D eigenvalue weighted by Crippen LogP contribution is -2.26. The van der Waals surface area contributed by atoms with Crippen LogP contribution in [0.2, 0.25) is 0 Å². The highest BCUT2D eigenvalue weighted by atomic mass is 19.1. The number of halogens is 1. The minimum Gasteiger partial charge on any atom is -0.388 e. The van der Waals surface area contributed by atoms with Gasteiger partial charge in [-0.2, -0.15) is 5.10 Å². The molecule has 124 valence electrons. The molecule has 1 aromatic heterocycles. The molecule has 0 aliphatic heterocycles. The molecule has 0 unspecified atom stereocenters. The van der Waals surface area contributed by atoms with Crippen molar-refractivity contribution in [1.82, 2.24) is 14.3 Å². The maximum Gasteiger partial charge on any atom is 0.346 e. The first kappa shape index (κ1) is 16.1. The van der Waals surface area contributed by atoms with Crippen LogP contribution in [0.5, 0.6) is 0 Å². The van der Waals surface area contributed by atoms with E-state index in [-0.39, 0.29) is 30.5 Å².